The van der Waals surface area contributed by atoms with Gasteiger partial charge in [-0.1, -0.05) is 42.5 Å². The Labute approximate surface area is 194 Å². The SMILES string of the molecule is COC(=O)C(CCC(C(=O)OC)n1nnc(-c2ccccc2)n1)N1C(=O)c2ccccc2C1=O. The zero-order valence-electron chi connectivity index (χ0n) is 18.5. The Kier molecular flexibility index (Phi) is 6.44. The number of amides is 2. The molecule has 1 aromatic heterocycles. The fourth-order valence-corrected chi connectivity index (χ4v) is 3.82. The van der Waals surface area contributed by atoms with E-state index in [0.717, 1.165) is 16.8 Å². The molecular weight excluding hydrogens is 442 g/mol. The molecule has 11 heteroatoms. The van der Waals surface area contributed by atoms with E-state index < -0.39 is 35.8 Å². The Bertz CT molecular complexity index is 1210. The summed E-state index contributed by atoms with van der Waals surface area (Å²) in [6.07, 6.45) is -0.107. The topological polar surface area (TPSA) is 134 Å². The molecule has 11 nitrogen and oxygen atoms in total. The zero-order chi connectivity index (χ0) is 24.2. The number of nitrogens with zero attached hydrogens (tertiary/aromatic N) is 5. The lowest BCUT2D eigenvalue weighted by atomic mass is 10.0. The summed E-state index contributed by atoms with van der Waals surface area (Å²) in [5.74, 6) is -2.34. The molecule has 2 aromatic carbocycles. The molecule has 174 valence electrons. The van der Waals surface area contributed by atoms with Crippen LogP contribution in [0.3, 0.4) is 0 Å². The highest BCUT2D eigenvalue weighted by atomic mass is 16.5. The summed E-state index contributed by atoms with van der Waals surface area (Å²) in [7, 11) is 2.38. The number of fused-ring (bicyclic) bond motifs is 1. The Hall–Kier alpha value is -4.41. The van der Waals surface area contributed by atoms with Crippen molar-refractivity contribution in [2.45, 2.75) is 24.9 Å². The van der Waals surface area contributed by atoms with Crippen molar-refractivity contribution in [3.8, 4) is 11.4 Å². The molecule has 3 aromatic rings. The first-order chi connectivity index (χ1) is 16.5. The predicted molar refractivity (Wildman–Crippen MR) is 116 cm³/mol. The van der Waals surface area contributed by atoms with Crippen LogP contribution in [0.2, 0.25) is 0 Å². The number of methoxy groups -OCH3 is 2. The molecule has 0 saturated heterocycles. The molecule has 0 bridgehead atoms. The molecule has 34 heavy (non-hydrogen) atoms. The summed E-state index contributed by atoms with van der Waals surface area (Å²) in [4.78, 5) is 52.9. The number of aromatic nitrogens is 4. The van der Waals surface area contributed by atoms with Gasteiger partial charge in [0, 0.05) is 5.56 Å². The van der Waals surface area contributed by atoms with Crippen LogP contribution < -0.4 is 0 Å². The van der Waals surface area contributed by atoms with Crippen molar-refractivity contribution in [1.29, 1.82) is 0 Å². The van der Waals surface area contributed by atoms with Gasteiger partial charge < -0.3 is 9.47 Å². The normalized spacial score (nSPS) is 14.5. The van der Waals surface area contributed by atoms with Crippen molar-refractivity contribution >= 4 is 23.8 Å². The zero-order valence-corrected chi connectivity index (χ0v) is 18.5. The van der Waals surface area contributed by atoms with Crippen molar-refractivity contribution in [1.82, 2.24) is 25.1 Å². The molecule has 2 unspecified atom stereocenters. The Morgan fingerprint density at radius 2 is 1.35 bits per heavy atom. The van der Waals surface area contributed by atoms with E-state index in [4.69, 9.17) is 9.47 Å². The van der Waals surface area contributed by atoms with Gasteiger partial charge in [0.25, 0.3) is 11.8 Å². The summed E-state index contributed by atoms with van der Waals surface area (Å²) >= 11 is 0. The van der Waals surface area contributed by atoms with Crippen molar-refractivity contribution < 1.29 is 28.7 Å². The third kappa shape index (κ3) is 4.15. The molecule has 0 aliphatic carbocycles. The van der Waals surface area contributed by atoms with Gasteiger partial charge in [-0.15, -0.1) is 15.0 Å². The number of hydrogen-bond acceptors (Lipinski definition) is 9. The molecule has 0 spiro atoms. The van der Waals surface area contributed by atoms with E-state index in [-0.39, 0.29) is 24.0 Å². The summed E-state index contributed by atoms with van der Waals surface area (Å²) in [5, 5.41) is 12.3. The van der Waals surface area contributed by atoms with Crippen LogP contribution in [0.5, 0.6) is 0 Å². The quantitative estimate of drug-likeness (QED) is 0.361. The van der Waals surface area contributed by atoms with Crippen molar-refractivity contribution in [3.05, 3.63) is 65.7 Å². The molecule has 0 saturated carbocycles. The van der Waals surface area contributed by atoms with Gasteiger partial charge in [-0.2, -0.15) is 0 Å². The number of hydrogen-bond donors (Lipinski definition) is 0. The maximum atomic E-state index is 12.9. The first-order valence-corrected chi connectivity index (χ1v) is 10.4. The number of ether oxygens (including phenoxy) is 2. The van der Waals surface area contributed by atoms with E-state index in [0.29, 0.717) is 11.4 Å². The molecule has 2 amide bonds. The second-order valence-corrected chi connectivity index (χ2v) is 7.48. The lowest BCUT2D eigenvalue weighted by Crippen LogP contribution is -2.46. The summed E-state index contributed by atoms with van der Waals surface area (Å²) in [6.45, 7) is 0. The van der Waals surface area contributed by atoms with Crippen molar-refractivity contribution in [2.24, 2.45) is 0 Å². The van der Waals surface area contributed by atoms with Gasteiger partial charge >= 0.3 is 11.9 Å². The van der Waals surface area contributed by atoms with E-state index in [1.54, 1.807) is 24.3 Å². The Morgan fingerprint density at radius 3 is 1.94 bits per heavy atom. The smallest absolute Gasteiger partial charge is 0.332 e. The Balaban J connectivity index is 1.59. The average molecular weight is 463 g/mol. The molecule has 4 rings (SSSR count). The maximum absolute atomic E-state index is 12.9. The molecule has 2 heterocycles. The van der Waals surface area contributed by atoms with Gasteiger partial charge in [-0.25, -0.2) is 9.59 Å². The predicted octanol–water partition coefficient (Wildman–Crippen LogP) is 1.67. The second-order valence-electron chi connectivity index (χ2n) is 7.48. The van der Waals surface area contributed by atoms with Crippen LogP contribution >= 0.6 is 0 Å². The number of tetrazole rings is 1. The van der Waals surface area contributed by atoms with Crippen LogP contribution in [-0.2, 0) is 19.1 Å². The van der Waals surface area contributed by atoms with Gasteiger partial charge in [0.2, 0.25) is 5.82 Å². The van der Waals surface area contributed by atoms with Crippen LogP contribution in [0.15, 0.2) is 54.6 Å². The van der Waals surface area contributed by atoms with E-state index in [1.165, 1.54) is 19.2 Å². The van der Waals surface area contributed by atoms with E-state index in [2.05, 4.69) is 15.4 Å². The highest BCUT2D eigenvalue weighted by Gasteiger charge is 2.43. The summed E-state index contributed by atoms with van der Waals surface area (Å²) < 4.78 is 9.74. The lowest BCUT2D eigenvalue weighted by Gasteiger charge is -2.25. The molecule has 2 atom stereocenters. The first-order valence-electron chi connectivity index (χ1n) is 10.4. The second kappa shape index (κ2) is 9.61. The third-order valence-electron chi connectivity index (χ3n) is 5.54. The van der Waals surface area contributed by atoms with Crippen LogP contribution in [-0.4, -0.2) is 69.1 Å². The van der Waals surface area contributed by atoms with Gasteiger partial charge in [-0.3, -0.25) is 14.5 Å². The molecule has 0 radical (unpaired) electrons. The average Bonchev–Trinajstić information content (AvgIpc) is 3.46. The van der Waals surface area contributed by atoms with E-state index in [1.807, 2.05) is 18.2 Å². The number of rotatable bonds is 8. The van der Waals surface area contributed by atoms with Gasteiger partial charge in [0.1, 0.15) is 6.04 Å². The Morgan fingerprint density at radius 1 is 0.824 bits per heavy atom. The highest BCUT2D eigenvalue weighted by molar-refractivity contribution is 6.22. The van der Waals surface area contributed by atoms with Crippen LogP contribution in [0.25, 0.3) is 11.4 Å². The molecule has 1 aliphatic rings. The van der Waals surface area contributed by atoms with E-state index in [9.17, 15) is 19.2 Å². The first kappa shape index (κ1) is 22.8. The molecular formula is C23H21N5O6. The van der Waals surface area contributed by atoms with Gasteiger partial charge in [0.05, 0.1) is 25.3 Å². The van der Waals surface area contributed by atoms with E-state index >= 15 is 0 Å². The lowest BCUT2D eigenvalue weighted by molar-refractivity contribution is -0.148. The minimum atomic E-state index is -1.25. The number of imide groups is 1. The maximum Gasteiger partial charge on any atom is 0.332 e. The van der Waals surface area contributed by atoms with Crippen molar-refractivity contribution in [2.75, 3.05) is 14.2 Å². The highest BCUT2D eigenvalue weighted by Crippen LogP contribution is 2.28. The number of carbonyl (C=O) groups excluding carboxylic acids is 4. The minimum Gasteiger partial charge on any atom is -0.467 e. The fourth-order valence-electron chi connectivity index (χ4n) is 3.82. The number of benzene rings is 2. The standard InChI is InChI=1S/C23H21N5O6/c1-33-22(31)17(27-20(29)15-10-6-7-11-16(15)21(27)30)12-13-18(23(32)34-2)28-25-19(24-26-28)14-8-4-3-5-9-14/h3-11,17-18H,12-13H2,1-2H3. The van der Waals surface area contributed by atoms with Crippen molar-refractivity contribution in [3.63, 3.8) is 0 Å². The van der Waals surface area contributed by atoms with Gasteiger partial charge in [-0.05, 0) is 30.2 Å². The molecule has 0 N–H and O–H groups in total. The third-order valence-corrected chi connectivity index (χ3v) is 5.54. The monoisotopic (exact) mass is 463 g/mol. The minimum absolute atomic E-state index is 0.0234. The van der Waals surface area contributed by atoms with Crippen LogP contribution in [0.4, 0.5) is 0 Å². The van der Waals surface area contributed by atoms with Gasteiger partial charge in [0.15, 0.2) is 6.04 Å². The number of carbonyl (C=O) groups is 4. The number of esters is 2. The molecule has 1 aliphatic heterocycles. The van der Waals surface area contributed by atoms with Crippen LogP contribution in [0, 0.1) is 0 Å². The van der Waals surface area contributed by atoms with Crippen LogP contribution in [0.1, 0.15) is 39.6 Å². The summed E-state index contributed by atoms with van der Waals surface area (Å²) in [5.41, 5.74) is 1.11. The summed E-state index contributed by atoms with van der Waals surface area (Å²) in [6, 6.07) is 13.1. The molecule has 0 fully saturated rings. The largest absolute Gasteiger partial charge is 0.467 e. The fraction of sp³-hybridized carbons (Fsp3) is 0.261.